The zero-order valence-corrected chi connectivity index (χ0v) is 8.25. The van der Waals surface area contributed by atoms with Gasteiger partial charge in [0.1, 0.15) is 12.0 Å². The number of rotatable bonds is 1. The second-order valence-electron chi connectivity index (χ2n) is 2.91. The number of aromatic nitrogens is 2. The molecule has 0 radical (unpaired) electrons. The summed E-state index contributed by atoms with van der Waals surface area (Å²) in [5, 5.41) is 1.24. The van der Waals surface area contributed by atoms with Gasteiger partial charge in [-0.05, 0) is 6.07 Å². The van der Waals surface area contributed by atoms with Gasteiger partial charge in [0.15, 0.2) is 5.78 Å². The molecule has 4 heteroatoms. The van der Waals surface area contributed by atoms with Crippen molar-refractivity contribution in [2.45, 2.75) is 6.92 Å². The van der Waals surface area contributed by atoms with Gasteiger partial charge < -0.3 is 0 Å². The van der Waals surface area contributed by atoms with Crippen molar-refractivity contribution in [1.82, 2.24) is 9.97 Å². The van der Waals surface area contributed by atoms with Gasteiger partial charge in [-0.2, -0.15) is 0 Å². The predicted molar refractivity (Wildman–Crippen MR) is 54.6 cm³/mol. The molecular weight excluding hydrogens is 200 g/mol. The van der Waals surface area contributed by atoms with Gasteiger partial charge in [0.25, 0.3) is 0 Å². The van der Waals surface area contributed by atoms with Crippen LogP contribution in [0.3, 0.4) is 0 Å². The van der Waals surface area contributed by atoms with E-state index >= 15 is 0 Å². The van der Waals surface area contributed by atoms with E-state index in [4.69, 9.17) is 11.6 Å². The zero-order valence-electron chi connectivity index (χ0n) is 7.49. The number of nitrogens with zero attached hydrogens (tertiary/aromatic N) is 2. The molecule has 1 aromatic heterocycles. The van der Waals surface area contributed by atoms with E-state index in [1.165, 1.54) is 13.3 Å². The number of carbonyl (C=O) groups excluding carboxylic acids is 1. The highest BCUT2D eigenvalue weighted by molar-refractivity contribution is 6.35. The third-order valence-electron chi connectivity index (χ3n) is 1.95. The van der Waals surface area contributed by atoms with Crippen molar-refractivity contribution in [3.63, 3.8) is 0 Å². The molecule has 0 fully saturated rings. The van der Waals surface area contributed by atoms with Crippen molar-refractivity contribution in [2.75, 3.05) is 0 Å². The molecule has 0 aliphatic carbocycles. The standard InChI is InChI=1S/C10H7ClN2O/c1-6(14)9-7-3-2-4-8(11)10(7)13-5-12-9/h2-5H,1H3. The number of benzene rings is 1. The molecule has 0 unspecified atom stereocenters. The molecule has 0 spiro atoms. The molecule has 0 saturated carbocycles. The molecule has 1 heterocycles. The monoisotopic (exact) mass is 206 g/mol. The summed E-state index contributed by atoms with van der Waals surface area (Å²) in [4.78, 5) is 19.2. The molecule has 0 amide bonds. The van der Waals surface area contributed by atoms with E-state index in [2.05, 4.69) is 9.97 Å². The molecule has 0 saturated heterocycles. The predicted octanol–water partition coefficient (Wildman–Crippen LogP) is 2.49. The van der Waals surface area contributed by atoms with Crippen molar-refractivity contribution in [3.8, 4) is 0 Å². The highest BCUT2D eigenvalue weighted by Gasteiger charge is 2.08. The van der Waals surface area contributed by atoms with Gasteiger partial charge in [0, 0.05) is 12.3 Å². The summed E-state index contributed by atoms with van der Waals surface area (Å²) in [6.45, 7) is 1.47. The molecule has 0 aliphatic heterocycles. The van der Waals surface area contributed by atoms with Crippen molar-refractivity contribution >= 4 is 28.3 Å². The topological polar surface area (TPSA) is 42.9 Å². The maximum absolute atomic E-state index is 11.2. The van der Waals surface area contributed by atoms with Crippen molar-refractivity contribution in [3.05, 3.63) is 35.2 Å². The van der Waals surface area contributed by atoms with Gasteiger partial charge in [-0.15, -0.1) is 0 Å². The van der Waals surface area contributed by atoms with Crippen LogP contribution in [0.15, 0.2) is 24.5 Å². The smallest absolute Gasteiger partial charge is 0.178 e. The van der Waals surface area contributed by atoms with Gasteiger partial charge in [-0.3, -0.25) is 4.79 Å². The van der Waals surface area contributed by atoms with E-state index in [-0.39, 0.29) is 5.78 Å². The van der Waals surface area contributed by atoms with Crippen molar-refractivity contribution in [2.24, 2.45) is 0 Å². The van der Waals surface area contributed by atoms with Crippen LogP contribution in [0.5, 0.6) is 0 Å². The van der Waals surface area contributed by atoms with E-state index in [0.29, 0.717) is 21.6 Å². The lowest BCUT2D eigenvalue weighted by Crippen LogP contribution is -1.99. The molecular formula is C10H7ClN2O. The lowest BCUT2D eigenvalue weighted by molar-refractivity contribution is 0.101. The van der Waals surface area contributed by atoms with E-state index < -0.39 is 0 Å². The Morgan fingerprint density at radius 2 is 2.14 bits per heavy atom. The first-order valence-corrected chi connectivity index (χ1v) is 4.48. The molecule has 2 aromatic rings. The fourth-order valence-corrected chi connectivity index (χ4v) is 1.56. The van der Waals surface area contributed by atoms with Crippen LogP contribution in [0.1, 0.15) is 17.4 Å². The minimum atomic E-state index is -0.0836. The summed E-state index contributed by atoms with van der Waals surface area (Å²) in [6, 6.07) is 5.30. The molecule has 1 aromatic carbocycles. The summed E-state index contributed by atoms with van der Waals surface area (Å²) < 4.78 is 0. The van der Waals surface area contributed by atoms with Crippen LogP contribution < -0.4 is 0 Å². The van der Waals surface area contributed by atoms with E-state index in [1.54, 1.807) is 18.2 Å². The summed E-state index contributed by atoms with van der Waals surface area (Å²) >= 11 is 5.93. The number of fused-ring (bicyclic) bond motifs is 1. The number of carbonyl (C=O) groups is 1. The third kappa shape index (κ3) is 1.36. The van der Waals surface area contributed by atoms with Crippen LogP contribution in [-0.2, 0) is 0 Å². The third-order valence-corrected chi connectivity index (χ3v) is 2.25. The number of halogens is 1. The average Bonchev–Trinajstić information content (AvgIpc) is 2.17. The Balaban J connectivity index is 2.88. The number of hydrogen-bond donors (Lipinski definition) is 0. The van der Waals surface area contributed by atoms with Crippen molar-refractivity contribution in [1.29, 1.82) is 0 Å². The van der Waals surface area contributed by atoms with E-state index in [0.717, 1.165) is 0 Å². The Morgan fingerprint density at radius 1 is 1.36 bits per heavy atom. The van der Waals surface area contributed by atoms with Crippen LogP contribution in [0.4, 0.5) is 0 Å². The maximum Gasteiger partial charge on any atom is 0.178 e. The second-order valence-corrected chi connectivity index (χ2v) is 3.32. The second kappa shape index (κ2) is 3.35. The number of ketones is 1. The van der Waals surface area contributed by atoms with Gasteiger partial charge >= 0.3 is 0 Å². The molecule has 70 valence electrons. The molecule has 0 aliphatic rings. The van der Waals surface area contributed by atoms with Crippen LogP contribution >= 0.6 is 11.6 Å². The van der Waals surface area contributed by atoms with E-state index in [9.17, 15) is 4.79 Å². The van der Waals surface area contributed by atoms with Gasteiger partial charge in [-0.25, -0.2) is 9.97 Å². The van der Waals surface area contributed by atoms with Gasteiger partial charge in [0.2, 0.25) is 0 Å². The summed E-state index contributed by atoms with van der Waals surface area (Å²) in [6.07, 6.45) is 1.35. The first-order valence-electron chi connectivity index (χ1n) is 4.10. The van der Waals surface area contributed by atoms with Crippen molar-refractivity contribution < 1.29 is 4.79 Å². The van der Waals surface area contributed by atoms with Gasteiger partial charge in [0.05, 0.1) is 10.5 Å². The van der Waals surface area contributed by atoms with E-state index in [1.807, 2.05) is 0 Å². The largest absolute Gasteiger partial charge is 0.293 e. The highest BCUT2D eigenvalue weighted by Crippen LogP contribution is 2.22. The molecule has 0 N–H and O–H groups in total. The molecule has 3 nitrogen and oxygen atoms in total. The molecule has 14 heavy (non-hydrogen) atoms. The lowest BCUT2D eigenvalue weighted by Gasteiger charge is -2.01. The Hall–Kier alpha value is -1.48. The SMILES string of the molecule is CC(=O)c1ncnc2c(Cl)cccc12. The number of para-hydroxylation sites is 1. The van der Waals surface area contributed by atoms with Crippen LogP contribution in [0.2, 0.25) is 5.02 Å². The normalized spacial score (nSPS) is 10.4. The Kier molecular flexibility index (Phi) is 2.17. The molecule has 2 rings (SSSR count). The molecule has 0 atom stereocenters. The first kappa shape index (κ1) is 9.09. The van der Waals surface area contributed by atoms with Crippen LogP contribution in [0.25, 0.3) is 10.9 Å². The molecule has 0 bridgehead atoms. The zero-order chi connectivity index (χ0) is 10.1. The number of hydrogen-bond acceptors (Lipinski definition) is 3. The fourth-order valence-electron chi connectivity index (χ4n) is 1.33. The minimum Gasteiger partial charge on any atom is -0.293 e. The fraction of sp³-hybridized carbons (Fsp3) is 0.100. The summed E-state index contributed by atoms with van der Waals surface area (Å²) in [7, 11) is 0. The highest BCUT2D eigenvalue weighted by atomic mass is 35.5. The lowest BCUT2D eigenvalue weighted by atomic mass is 10.1. The Labute approximate surface area is 85.7 Å². The van der Waals surface area contributed by atoms with Crippen LogP contribution in [0, 0.1) is 0 Å². The van der Waals surface area contributed by atoms with Crippen LogP contribution in [-0.4, -0.2) is 15.8 Å². The first-order chi connectivity index (χ1) is 6.70. The minimum absolute atomic E-state index is 0.0836. The Bertz CT molecular complexity index is 510. The Morgan fingerprint density at radius 3 is 2.86 bits per heavy atom. The summed E-state index contributed by atoms with van der Waals surface area (Å²) in [5.41, 5.74) is 1.03. The maximum atomic E-state index is 11.2. The van der Waals surface area contributed by atoms with Gasteiger partial charge in [-0.1, -0.05) is 23.7 Å². The summed E-state index contributed by atoms with van der Waals surface area (Å²) in [5.74, 6) is -0.0836. The quantitative estimate of drug-likeness (QED) is 0.674. The average molecular weight is 207 g/mol. The number of Topliss-reactive ketones (excluding diaryl/α,β-unsaturated/α-hetero) is 1.